The van der Waals surface area contributed by atoms with Crippen LogP contribution in [0.15, 0.2) is 51.3 Å². The number of ether oxygens (including phenoxy) is 13. The lowest BCUT2D eigenvalue weighted by molar-refractivity contribution is -0.371. The predicted molar refractivity (Wildman–Crippen MR) is 501 cm³/mol. The zero-order valence-electron chi connectivity index (χ0n) is 84.7. The number of aliphatic hydroxyl groups is 29. The molecule has 0 radical (unpaired) electrons. The average Bonchev–Trinajstić information content (AvgIpc) is 0.688. The highest BCUT2D eigenvalue weighted by molar-refractivity contribution is 8.00. The first-order chi connectivity index (χ1) is 69.0. The second kappa shape index (κ2) is 52.3. The smallest absolute Gasteiger partial charge is 0.317 e. The van der Waals surface area contributed by atoms with Gasteiger partial charge in [-0.3, -0.25) is 33.7 Å². The zero-order chi connectivity index (χ0) is 111. The van der Waals surface area contributed by atoms with Gasteiger partial charge in [-0.2, -0.15) is 5.10 Å². The van der Waals surface area contributed by atoms with E-state index in [1.165, 1.54) is 25.6 Å². The highest BCUT2D eigenvalue weighted by Gasteiger charge is 2.74. The van der Waals surface area contributed by atoms with Gasteiger partial charge in [0.2, 0.25) is 48.6 Å². The number of unbranched alkanes of at least 4 members (excludes halogenated alkanes) is 2. The molecule has 4 heterocycles. The standard InChI is InChI=1S/C95H155N3O49S/c1-14-49(137-43(7)105)76(144-81(129)65(120)59(114)39(3)103)71(126)84(132)142-74-42(6)136-88(77(69(74)124)145-86-68(123)63(118)73(41(5)135-86)141-83(131)70(125)72(40(4)104)140-82(130)66(121)60(115)47(106)22-27-99)147-89(134)95-25-24-90(8,9)33-46(95)45-19-20-52-92(11)23-21-44(138-85(133)78(146-87-67(122)62(117)61(116)50(35-101)139-87)75(48(107)31-57(111)112)143-80(128)64(119)58(113)38(2)102)30-53(92)91(10,36-94(52,13)93(45,12)34-54(95)108)37-96-97-55(109)18-16-15-17-26-98-56(110)32-51(79(98)127)148-29-28-100/h19,37-42,44,46-54,58-59,61-65,67-69,73-75,77-78,80-88,99-104,106-108,113-126,128-133H,14-18,20-36H2,1-13H3,(H,97,109)(H,111,112)/b66-60-,72-70-,76-71-,96-37+/t38?,39?,40?,41?,42?,44-,46?,47?,48?,49?,50?,51?,52?,53?,54+,58?,59?,61?,62?,63?,64?,65?,67?,68?,69?,73?,74?,75?,77?,78?,80?,81?,82?,83?,84?,85?,86?,87?,88?,91+,92+,93+,94+,95+/m0/s1. The van der Waals surface area contributed by atoms with Crippen LogP contribution < -0.4 is 5.43 Å². The maximum atomic E-state index is 16.6. The van der Waals surface area contributed by atoms with Crippen molar-refractivity contribution in [3.63, 3.8) is 0 Å². The Labute approximate surface area is 857 Å². The number of aliphatic carboxylic acids is 1. The summed E-state index contributed by atoms with van der Waals surface area (Å²) in [6, 6.07) is 0. The van der Waals surface area contributed by atoms with Gasteiger partial charge in [-0.25, -0.2) is 5.43 Å². The van der Waals surface area contributed by atoms with Crippen molar-refractivity contribution in [2.45, 2.75) is 420 Å². The molecule has 52 nitrogen and oxygen atoms in total. The Kier molecular flexibility index (Phi) is 44.2. The third-order valence-corrected chi connectivity index (χ3v) is 32.1. The highest BCUT2D eigenvalue weighted by atomic mass is 32.2. The number of rotatable bonds is 51. The largest absolute Gasteiger partial charge is 0.506 e. The van der Waals surface area contributed by atoms with Gasteiger partial charge in [0.15, 0.2) is 66.2 Å². The molecular weight excluding hydrogens is 2000 g/mol. The van der Waals surface area contributed by atoms with Crippen molar-refractivity contribution in [1.29, 1.82) is 0 Å². The van der Waals surface area contributed by atoms with Crippen molar-refractivity contribution < 1.29 is 244 Å². The summed E-state index contributed by atoms with van der Waals surface area (Å²) in [4.78, 5) is 82.8. The van der Waals surface area contributed by atoms with Gasteiger partial charge in [0.05, 0.1) is 67.6 Å². The number of hydrogen-bond acceptors (Lipinski definition) is 50. The monoisotopic (exact) mass is 2150 g/mol. The number of allylic oxidation sites excluding steroid dienone is 2. The molecule has 0 spiro atoms. The molecule has 37 unspecified atom stereocenters. The van der Waals surface area contributed by atoms with Gasteiger partial charge in [0.25, 0.3) is 6.29 Å². The number of carboxylic acid groups (broad SMARTS) is 1. The van der Waals surface area contributed by atoms with E-state index in [1.807, 2.05) is 47.6 Å². The normalized spacial score (nSPS) is 37.1. The maximum Gasteiger partial charge on any atom is 0.317 e. The fourth-order valence-electron chi connectivity index (χ4n) is 22.7. The van der Waals surface area contributed by atoms with Gasteiger partial charge in [0.1, 0.15) is 109 Å². The number of likely N-dealkylation sites (tertiary alicyclic amines) is 1. The first kappa shape index (κ1) is 125. The van der Waals surface area contributed by atoms with Crippen molar-refractivity contribution >= 4 is 53.6 Å². The molecule has 148 heavy (non-hydrogen) atoms. The van der Waals surface area contributed by atoms with Gasteiger partial charge in [0, 0.05) is 56.7 Å². The zero-order valence-corrected chi connectivity index (χ0v) is 85.5. The molecule has 0 aromatic heterocycles. The van der Waals surface area contributed by atoms with E-state index in [0.717, 1.165) is 39.5 Å². The molecule has 31 N–H and O–H groups in total. The Morgan fingerprint density at radius 3 is 1.80 bits per heavy atom. The van der Waals surface area contributed by atoms with Crippen molar-refractivity contribution in [2.75, 3.05) is 32.1 Å². The molecule has 53 heteroatoms. The Bertz CT molecular complexity index is 4550. The van der Waals surface area contributed by atoms with Crippen LogP contribution in [0.2, 0.25) is 0 Å². The number of nitrogens with zero attached hydrogens (tertiary/aromatic N) is 2. The van der Waals surface area contributed by atoms with Crippen LogP contribution >= 0.6 is 11.8 Å². The molecule has 4 aliphatic heterocycles. The van der Waals surface area contributed by atoms with Crippen molar-refractivity contribution in [3.05, 3.63) is 46.2 Å². The molecule has 9 rings (SSSR count). The van der Waals surface area contributed by atoms with E-state index in [9.17, 15) is 177 Å². The van der Waals surface area contributed by atoms with E-state index in [2.05, 4.69) is 10.5 Å². The lowest BCUT2D eigenvalue weighted by Gasteiger charge is -2.72. The van der Waals surface area contributed by atoms with E-state index in [-0.39, 0.29) is 114 Å². The summed E-state index contributed by atoms with van der Waals surface area (Å²) in [6.07, 6.45) is -73.7. The SMILES string of the molecule is CCC(OC(C)=O)/C(OC(O)C(O)C(O)C(C)O)=C(/O)C(O)OC1C(C)OC(OC(=O)[C@]23CCC(C)(C)CC2C2=CCC4[C@@]5(C)CC[C@H](OC(O)C(OC6OC(CO)C(O)C(O)C6O)C(OC(O)C(O)C(O)C(C)O)C(O)CC(=O)O)CC5[C@@](C)(/C=N/NC(=O)CCCCCN5C(=O)CC(SCCO)C5=O)C[C@@]4(C)[C@]2(C)C[C@H]3O)C(OC2OC(C)C(OC(O)/C(O)=C(/OC(O)/C(O)=C(/O)C(O)CCO)C(C)O)C(O)C2O)C1O. The number of fused-ring (bicyclic) bond motifs is 7. The van der Waals surface area contributed by atoms with Crippen molar-refractivity contribution in [1.82, 2.24) is 10.3 Å². The number of carbonyl (C=O) groups excluding carboxylic acids is 5. The molecular formula is C95H155N3O49S. The fraction of sp³-hybridized carbons (Fsp3) is 0.842. The Hall–Kier alpha value is -6.56. The maximum absolute atomic E-state index is 16.6. The van der Waals surface area contributed by atoms with Gasteiger partial charge in [-0.1, -0.05) is 66.5 Å². The topological polar surface area (TPSA) is 857 Å². The molecule has 9 aliphatic rings. The first-order valence-electron chi connectivity index (χ1n) is 49.6. The Balaban J connectivity index is 1.10. The quantitative estimate of drug-likeness (QED) is 0.00396. The van der Waals surface area contributed by atoms with Crippen LogP contribution in [0.3, 0.4) is 0 Å². The third kappa shape index (κ3) is 27.7. The lowest BCUT2D eigenvalue weighted by Crippen LogP contribution is -2.69. The lowest BCUT2D eigenvalue weighted by atomic mass is 9.31. The first-order valence-corrected chi connectivity index (χ1v) is 50.7. The number of imide groups is 1. The van der Waals surface area contributed by atoms with Gasteiger partial charge < -0.3 is 215 Å². The van der Waals surface area contributed by atoms with Gasteiger partial charge >= 0.3 is 17.9 Å². The van der Waals surface area contributed by atoms with Gasteiger partial charge in [-0.05, 0) is 151 Å². The number of esters is 2. The highest BCUT2D eigenvalue weighted by Crippen LogP contribution is 2.77. The summed E-state index contributed by atoms with van der Waals surface area (Å²) < 4.78 is 76.5. The molecule has 8 fully saturated rings. The van der Waals surface area contributed by atoms with Crippen LogP contribution in [0.4, 0.5) is 0 Å². The van der Waals surface area contributed by atoms with E-state index >= 15 is 4.79 Å². The number of amides is 3. The van der Waals surface area contributed by atoms with Crippen LogP contribution in [0.1, 0.15) is 199 Å². The molecule has 850 valence electrons. The van der Waals surface area contributed by atoms with Crippen LogP contribution in [0, 0.1) is 50.2 Å². The third-order valence-electron chi connectivity index (χ3n) is 30.9. The van der Waals surface area contributed by atoms with Crippen molar-refractivity contribution in [3.8, 4) is 0 Å². The minimum Gasteiger partial charge on any atom is -0.506 e. The molecule has 4 saturated heterocycles. The van der Waals surface area contributed by atoms with Crippen molar-refractivity contribution in [2.24, 2.45) is 55.3 Å². The summed E-state index contributed by atoms with van der Waals surface area (Å²) in [7, 11) is 0. The molecule has 0 aromatic carbocycles. The summed E-state index contributed by atoms with van der Waals surface area (Å²) in [5, 5.41) is 336. The molecule has 0 bridgehead atoms. The van der Waals surface area contributed by atoms with E-state index in [1.54, 1.807) is 6.21 Å². The minimum atomic E-state index is -2.79. The Morgan fingerprint density at radius 1 is 0.615 bits per heavy atom. The average molecular weight is 2160 g/mol. The van der Waals surface area contributed by atoms with Gasteiger partial charge in [-0.15, -0.1) is 11.8 Å². The molecule has 3 amide bonds. The van der Waals surface area contributed by atoms with E-state index in [4.69, 9.17) is 61.6 Å². The molecule has 0 aromatic rings. The Morgan fingerprint density at radius 2 is 1.22 bits per heavy atom. The van der Waals surface area contributed by atoms with E-state index < -0.39 is 355 Å². The number of carboxylic acids is 1. The molecule has 4 saturated carbocycles. The minimum absolute atomic E-state index is 0.00720. The number of hydrogen-bond donors (Lipinski definition) is 31. The second-order valence-corrected chi connectivity index (χ2v) is 43.3. The second-order valence-electron chi connectivity index (χ2n) is 42.0. The summed E-state index contributed by atoms with van der Waals surface area (Å²) in [5.41, 5.74) is -3.81. The van der Waals surface area contributed by atoms with Crippen LogP contribution in [-0.4, -0.2) is 453 Å². The summed E-state index contributed by atoms with van der Waals surface area (Å²) in [5.74, 6) is -15.0. The summed E-state index contributed by atoms with van der Waals surface area (Å²) in [6.45, 7) is 17.5. The number of carbonyl (C=O) groups is 6. The van der Waals surface area contributed by atoms with Crippen LogP contribution in [0.25, 0.3) is 0 Å². The van der Waals surface area contributed by atoms with E-state index in [0.29, 0.717) is 18.4 Å². The predicted octanol–water partition coefficient (Wildman–Crippen LogP) is -5.20. The number of hydrazone groups is 1. The number of aliphatic hydroxyl groups excluding tert-OH is 29. The number of nitrogens with one attached hydrogen (secondary N) is 1. The molecule has 5 aliphatic carbocycles. The number of thioether (sulfide) groups is 1. The molecule has 44 atom stereocenters. The summed E-state index contributed by atoms with van der Waals surface area (Å²) >= 11 is 1.17. The van der Waals surface area contributed by atoms with Crippen LogP contribution in [0.5, 0.6) is 0 Å². The fourth-order valence-corrected chi connectivity index (χ4v) is 23.7. The van der Waals surface area contributed by atoms with Crippen LogP contribution in [-0.2, 0) is 90.3 Å².